The fraction of sp³-hybridized carbons (Fsp3) is 0.481. The summed E-state index contributed by atoms with van der Waals surface area (Å²) in [6.07, 6.45) is 3.15. The van der Waals surface area contributed by atoms with Gasteiger partial charge in [0, 0.05) is 31.6 Å². The molecule has 1 atom stereocenters. The van der Waals surface area contributed by atoms with Gasteiger partial charge in [0.2, 0.25) is 15.9 Å². The third-order valence-electron chi connectivity index (χ3n) is 7.04. The average Bonchev–Trinajstić information content (AvgIpc) is 2.89. The van der Waals surface area contributed by atoms with Crippen molar-refractivity contribution in [2.24, 2.45) is 5.73 Å². The molecule has 8 nitrogen and oxygen atoms in total. The van der Waals surface area contributed by atoms with Crippen molar-refractivity contribution in [3.63, 3.8) is 0 Å². The van der Waals surface area contributed by atoms with E-state index in [4.69, 9.17) is 5.73 Å². The molecule has 1 unspecified atom stereocenters. The quantitative estimate of drug-likeness (QED) is 0.564. The Morgan fingerprint density at radius 1 is 0.889 bits per heavy atom. The van der Waals surface area contributed by atoms with Crippen LogP contribution in [0.5, 0.6) is 0 Å². The first-order valence-corrected chi connectivity index (χ1v) is 14.4. The zero-order valence-electron chi connectivity index (χ0n) is 20.6. The van der Waals surface area contributed by atoms with E-state index in [1.54, 1.807) is 24.3 Å². The Labute approximate surface area is 213 Å². The van der Waals surface area contributed by atoms with E-state index in [2.05, 4.69) is 5.32 Å². The van der Waals surface area contributed by atoms with Gasteiger partial charge in [-0.15, -0.1) is 0 Å². The number of carbonyl (C=O) groups is 2. The molecule has 3 N–H and O–H groups in total. The molecule has 2 aromatic rings. The van der Waals surface area contributed by atoms with Gasteiger partial charge in [0.25, 0.3) is 5.91 Å². The number of sulfonamides is 1. The Balaban J connectivity index is 1.55. The molecule has 2 aromatic carbocycles. The zero-order chi connectivity index (χ0) is 25.5. The van der Waals surface area contributed by atoms with E-state index >= 15 is 0 Å². The van der Waals surface area contributed by atoms with E-state index in [1.807, 2.05) is 36.4 Å². The van der Waals surface area contributed by atoms with E-state index in [1.165, 1.54) is 9.21 Å². The number of rotatable bonds is 8. The summed E-state index contributed by atoms with van der Waals surface area (Å²) in [6, 6.07) is 18.7. The number of hydrogen-bond acceptors (Lipinski definition) is 5. The number of hydrogen-bond donors (Lipinski definition) is 2. The molecule has 4 rings (SSSR count). The molecule has 194 valence electrons. The molecule has 1 aliphatic carbocycles. The summed E-state index contributed by atoms with van der Waals surface area (Å²) in [5.74, 6) is -0.869. The zero-order valence-corrected chi connectivity index (χ0v) is 21.4. The summed E-state index contributed by atoms with van der Waals surface area (Å²) >= 11 is 0. The van der Waals surface area contributed by atoms with Gasteiger partial charge in [-0.05, 0) is 49.7 Å². The third kappa shape index (κ3) is 6.72. The highest BCUT2D eigenvalue weighted by atomic mass is 32.2. The maximum Gasteiger partial charge on any atom is 0.259 e. The van der Waals surface area contributed by atoms with Gasteiger partial charge in [0.1, 0.15) is 0 Å². The van der Waals surface area contributed by atoms with Crippen molar-refractivity contribution in [1.82, 2.24) is 14.5 Å². The number of amides is 2. The Kier molecular flexibility index (Phi) is 8.77. The van der Waals surface area contributed by atoms with Gasteiger partial charge in [0.05, 0.1) is 5.75 Å². The van der Waals surface area contributed by atoms with Crippen LogP contribution in [0.25, 0.3) is 0 Å². The lowest BCUT2D eigenvalue weighted by Crippen LogP contribution is -2.64. The minimum Gasteiger partial charge on any atom is -0.350 e. The molecule has 2 fully saturated rings. The van der Waals surface area contributed by atoms with Crippen molar-refractivity contribution in [2.75, 3.05) is 13.1 Å². The molecular weight excluding hydrogens is 476 g/mol. The van der Waals surface area contributed by atoms with Crippen LogP contribution in [0.4, 0.5) is 0 Å². The van der Waals surface area contributed by atoms with Crippen molar-refractivity contribution >= 4 is 21.8 Å². The summed E-state index contributed by atoms with van der Waals surface area (Å²) in [4.78, 5) is 28.4. The van der Waals surface area contributed by atoms with Crippen LogP contribution in [0.2, 0.25) is 0 Å². The van der Waals surface area contributed by atoms with E-state index in [0.717, 1.165) is 31.2 Å². The molecular formula is C27H36N4O4S. The summed E-state index contributed by atoms with van der Waals surface area (Å²) in [5, 5.41) is 3.04. The molecule has 0 spiro atoms. The Bertz CT molecular complexity index is 1120. The fourth-order valence-electron chi connectivity index (χ4n) is 5.07. The molecule has 0 bridgehead atoms. The van der Waals surface area contributed by atoms with E-state index in [-0.39, 0.29) is 36.7 Å². The molecule has 1 saturated carbocycles. The number of nitrogens with two attached hydrogens (primary N) is 1. The van der Waals surface area contributed by atoms with Crippen LogP contribution in [0.3, 0.4) is 0 Å². The topological polar surface area (TPSA) is 113 Å². The van der Waals surface area contributed by atoms with Crippen molar-refractivity contribution < 1.29 is 18.0 Å². The first-order chi connectivity index (χ1) is 17.3. The SMILES string of the molecule is NC1CCC(NC(=O)C2N(C(=O)CCc3ccccc3)CCCN2S(=O)(=O)Cc2ccccc2)CC1. The monoisotopic (exact) mass is 512 g/mol. The lowest BCUT2D eigenvalue weighted by atomic mass is 9.92. The van der Waals surface area contributed by atoms with Crippen molar-refractivity contribution in [3.05, 3.63) is 71.8 Å². The number of nitrogens with one attached hydrogen (secondary N) is 1. The first kappa shape index (κ1) is 26.3. The smallest absolute Gasteiger partial charge is 0.259 e. The van der Waals surface area contributed by atoms with E-state index in [9.17, 15) is 18.0 Å². The first-order valence-electron chi connectivity index (χ1n) is 12.8. The van der Waals surface area contributed by atoms with E-state index in [0.29, 0.717) is 24.9 Å². The van der Waals surface area contributed by atoms with Gasteiger partial charge in [-0.2, -0.15) is 4.31 Å². The lowest BCUT2D eigenvalue weighted by Gasteiger charge is -2.42. The minimum absolute atomic E-state index is 0.0702. The fourth-order valence-corrected chi connectivity index (χ4v) is 6.77. The molecule has 0 radical (unpaired) electrons. The van der Waals surface area contributed by atoms with Crippen LogP contribution in [0.15, 0.2) is 60.7 Å². The van der Waals surface area contributed by atoms with Crippen LogP contribution >= 0.6 is 0 Å². The summed E-state index contributed by atoms with van der Waals surface area (Å²) in [6.45, 7) is 0.546. The summed E-state index contributed by atoms with van der Waals surface area (Å²) in [7, 11) is -3.86. The normalized spacial score (nSPS) is 23.2. The van der Waals surface area contributed by atoms with Crippen LogP contribution in [-0.4, -0.2) is 60.8 Å². The van der Waals surface area contributed by atoms with Gasteiger partial charge in [-0.25, -0.2) is 8.42 Å². The van der Waals surface area contributed by atoms with Crippen molar-refractivity contribution in [3.8, 4) is 0 Å². The maximum atomic E-state index is 13.6. The third-order valence-corrected chi connectivity index (χ3v) is 8.83. The summed E-state index contributed by atoms with van der Waals surface area (Å²) < 4.78 is 28.3. The second-order valence-corrected chi connectivity index (χ2v) is 11.7. The van der Waals surface area contributed by atoms with Crippen LogP contribution in [0.1, 0.15) is 49.7 Å². The molecule has 2 aliphatic rings. The number of nitrogens with zero attached hydrogens (tertiary/aromatic N) is 2. The van der Waals surface area contributed by atoms with Gasteiger partial charge >= 0.3 is 0 Å². The number of aryl methyl sites for hydroxylation is 1. The predicted molar refractivity (Wildman–Crippen MR) is 139 cm³/mol. The molecule has 0 aromatic heterocycles. The van der Waals surface area contributed by atoms with Crippen molar-refractivity contribution in [1.29, 1.82) is 0 Å². The molecule has 2 amide bonds. The molecule has 1 heterocycles. The Hall–Kier alpha value is -2.75. The largest absolute Gasteiger partial charge is 0.350 e. The standard InChI is InChI=1S/C27H36N4O4S/c28-23-13-15-24(16-14-23)29-26(33)27-30(25(32)17-12-21-8-3-1-4-9-21)18-7-19-31(27)36(34,35)20-22-10-5-2-6-11-22/h1-6,8-11,23-24,27H,7,12-20,28H2,(H,29,33). The highest BCUT2D eigenvalue weighted by Crippen LogP contribution is 2.24. The number of benzene rings is 2. The van der Waals surface area contributed by atoms with Gasteiger partial charge < -0.3 is 16.0 Å². The summed E-state index contributed by atoms with van der Waals surface area (Å²) in [5.41, 5.74) is 7.68. The van der Waals surface area contributed by atoms with Crippen molar-refractivity contribution in [2.45, 2.75) is 68.9 Å². The molecule has 9 heteroatoms. The lowest BCUT2D eigenvalue weighted by molar-refractivity contribution is -0.147. The molecule has 1 saturated heterocycles. The highest BCUT2D eigenvalue weighted by Gasteiger charge is 2.43. The maximum absolute atomic E-state index is 13.6. The minimum atomic E-state index is -3.86. The Morgan fingerprint density at radius 3 is 2.14 bits per heavy atom. The van der Waals surface area contributed by atoms with Crippen LogP contribution in [-0.2, 0) is 31.8 Å². The van der Waals surface area contributed by atoms with E-state index < -0.39 is 22.1 Å². The molecule has 36 heavy (non-hydrogen) atoms. The van der Waals surface area contributed by atoms with Crippen LogP contribution < -0.4 is 11.1 Å². The van der Waals surface area contributed by atoms with Crippen LogP contribution in [0, 0.1) is 0 Å². The second-order valence-electron chi connectivity index (χ2n) is 9.77. The molecule has 1 aliphatic heterocycles. The Morgan fingerprint density at radius 2 is 1.50 bits per heavy atom. The predicted octanol–water partition coefficient (Wildman–Crippen LogP) is 2.40. The number of carbonyl (C=O) groups excluding carboxylic acids is 2. The van der Waals surface area contributed by atoms with Gasteiger partial charge in [-0.3, -0.25) is 9.59 Å². The highest BCUT2D eigenvalue weighted by molar-refractivity contribution is 7.88. The van der Waals surface area contributed by atoms with Gasteiger partial charge in [-0.1, -0.05) is 60.7 Å². The second kappa shape index (κ2) is 12.0. The van der Waals surface area contributed by atoms with Gasteiger partial charge in [0.15, 0.2) is 6.17 Å². The average molecular weight is 513 g/mol.